The molecule has 8 bridgehead atoms. The molecule has 0 N–H and O–H groups in total. The minimum atomic E-state index is 0. The molecule has 1 atom stereocenters. The fourth-order valence-electron chi connectivity index (χ4n) is 11.0. The summed E-state index contributed by atoms with van der Waals surface area (Å²) in [7, 11) is 0. The molecule has 0 heterocycles. The van der Waals surface area contributed by atoms with E-state index in [4.69, 9.17) is 0 Å². The summed E-state index contributed by atoms with van der Waals surface area (Å²) in [5.74, 6) is 6.16. The molecule has 8 aliphatic carbocycles. The Hall–Kier alpha value is -1.13. The van der Waals surface area contributed by atoms with Crippen LogP contribution in [0.2, 0.25) is 0 Å². The van der Waals surface area contributed by atoms with E-state index < -0.39 is 0 Å². The van der Waals surface area contributed by atoms with Gasteiger partial charge in [0, 0.05) is 0 Å². The summed E-state index contributed by atoms with van der Waals surface area (Å²) in [5, 5.41) is 0. The Balaban J connectivity index is 0.00000190. The van der Waals surface area contributed by atoms with E-state index in [1.807, 2.05) is 0 Å². The van der Waals surface area contributed by atoms with Gasteiger partial charge in [-0.05, 0) is 146 Å². The molecule has 2 aromatic rings. The van der Waals surface area contributed by atoms with Crippen LogP contribution in [0.5, 0.6) is 0 Å². The van der Waals surface area contributed by atoms with Gasteiger partial charge in [0.2, 0.25) is 0 Å². The standard InChI is InChI=1S/C32H38.H3P/c1-5-29(31-15-21-9-22(16-31)11-23(10-21)17-31)6-2-27(1)28-3-7-30(8-4-28)32-18-24-12-25(19-32)14-26(13-24)20-32;/h1-8,21-26H,9-20H2;1H3. The topological polar surface area (TPSA) is 0 Å². The highest BCUT2D eigenvalue weighted by atomic mass is 31.0. The first-order chi connectivity index (χ1) is 15.6. The van der Waals surface area contributed by atoms with Crippen molar-refractivity contribution in [2.75, 3.05) is 0 Å². The van der Waals surface area contributed by atoms with Crippen molar-refractivity contribution in [2.24, 2.45) is 35.5 Å². The van der Waals surface area contributed by atoms with E-state index >= 15 is 0 Å². The molecule has 174 valence electrons. The van der Waals surface area contributed by atoms with E-state index in [0.29, 0.717) is 10.8 Å². The van der Waals surface area contributed by atoms with Crippen molar-refractivity contribution in [3.8, 4) is 11.1 Å². The molecule has 0 aliphatic heterocycles. The van der Waals surface area contributed by atoms with Crippen LogP contribution in [0, 0.1) is 35.5 Å². The van der Waals surface area contributed by atoms with E-state index in [0.717, 1.165) is 35.5 Å². The SMILES string of the molecule is P.c1cc(C23CC4CC(CC(C4)C2)C3)ccc1-c1ccc(C23CC4CC(CC(C4)C2)C3)cc1. The lowest BCUT2D eigenvalue weighted by atomic mass is 9.48. The number of rotatable bonds is 3. The maximum atomic E-state index is 2.51. The van der Waals surface area contributed by atoms with Crippen molar-refractivity contribution in [2.45, 2.75) is 87.9 Å². The summed E-state index contributed by atoms with van der Waals surface area (Å²) < 4.78 is 0. The molecule has 8 aliphatic rings. The monoisotopic (exact) mass is 456 g/mol. The molecule has 0 saturated heterocycles. The molecule has 0 spiro atoms. The Kier molecular flexibility index (Phi) is 4.77. The molecular formula is C32H41P. The largest absolute Gasteiger partial charge is 0.153 e. The van der Waals surface area contributed by atoms with Gasteiger partial charge in [-0.25, -0.2) is 0 Å². The second kappa shape index (κ2) is 7.43. The zero-order chi connectivity index (χ0) is 20.9. The third-order valence-corrected chi connectivity index (χ3v) is 11.4. The molecular weight excluding hydrogens is 415 g/mol. The highest BCUT2D eigenvalue weighted by Crippen LogP contribution is 2.62. The molecule has 0 radical (unpaired) electrons. The van der Waals surface area contributed by atoms with E-state index in [2.05, 4.69) is 48.5 Å². The van der Waals surface area contributed by atoms with E-state index in [-0.39, 0.29) is 9.90 Å². The van der Waals surface area contributed by atoms with Crippen LogP contribution in [0.3, 0.4) is 0 Å². The zero-order valence-electron chi connectivity index (χ0n) is 20.3. The maximum Gasteiger partial charge on any atom is -0.00391 e. The first kappa shape index (κ1) is 21.2. The summed E-state index contributed by atoms with van der Waals surface area (Å²) >= 11 is 0. The molecule has 0 amide bonds. The normalized spacial score (nSPS) is 44.1. The average Bonchev–Trinajstić information content (AvgIpc) is 2.78. The Morgan fingerprint density at radius 1 is 0.394 bits per heavy atom. The van der Waals surface area contributed by atoms with Crippen LogP contribution in [-0.2, 0) is 10.8 Å². The Morgan fingerprint density at radius 2 is 0.636 bits per heavy atom. The molecule has 33 heavy (non-hydrogen) atoms. The van der Waals surface area contributed by atoms with Crippen molar-refractivity contribution in [1.82, 2.24) is 0 Å². The van der Waals surface area contributed by atoms with Crippen molar-refractivity contribution in [3.63, 3.8) is 0 Å². The van der Waals surface area contributed by atoms with Crippen LogP contribution in [-0.4, -0.2) is 0 Å². The van der Waals surface area contributed by atoms with Gasteiger partial charge in [-0.15, -0.1) is 0 Å². The lowest BCUT2D eigenvalue weighted by molar-refractivity contribution is -0.00531. The minimum absolute atomic E-state index is 0. The van der Waals surface area contributed by atoms with Gasteiger partial charge in [0.05, 0.1) is 0 Å². The summed E-state index contributed by atoms with van der Waals surface area (Å²) in [4.78, 5) is 0. The van der Waals surface area contributed by atoms with Crippen LogP contribution < -0.4 is 0 Å². The highest BCUT2D eigenvalue weighted by Gasteiger charge is 2.52. The first-order valence-electron chi connectivity index (χ1n) is 13.9. The maximum absolute atomic E-state index is 2.51. The molecule has 10 rings (SSSR count). The smallest absolute Gasteiger partial charge is 0.00391 e. The third kappa shape index (κ3) is 3.26. The molecule has 2 aromatic carbocycles. The van der Waals surface area contributed by atoms with Crippen molar-refractivity contribution in [1.29, 1.82) is 0 Å². The van der Waals surface area contributed by atoms with Gasteiger partial charge >= 0.3 is 0 Å². The van der Waals surface area contributed by atoms with Crippen molar-refractivity contribution < 1.29 is 0 Å². The Morgan fingerprint density at radius 3 is 0.879 bits per heavy atom. The molecule has 1 unspecified atom stereocenters. The Labute approximate surface area is 204 Å². The fourth-order valence-corrected chi connectivity index (χ4v) is 11.0. The van der Waals surface area contributed by atoms with Gasteiger partial charge in [-0.2, -0.15) is 9.90 Å². The van der Waals surface area contributed by atoms with Crippen molar-refractivity contribution >= 4 is 9.90 Å². The molecule has 8 fully saturated rings. The predicted molar refractivity (Wildman–Crippen MR) is 143 cm³/mol. The zero-order valence-corrected chi connectivity index (χ0v) is 21.7. The summed E-state index contributed by atoms with van der Waals surface area (Å²) in [5.41, 5.74) is 7.19. The summed E-state index contributed by atoms with van der Waals surface area (Å²) in [6.45, 7) is 0. The predicted octanol–water partition coefficient (Wildman–Crippen LogP) is 8.35. The summed E-state index contributed by atoms with van der Waals surface area (Å²) in [6, 6.07) is 19.8. The van der Waals surface area contributed by atoms with Crippen molar-refractivity contribution in [3.05, 3.63) is 59.7 Å². The van der Waals surface area contributed by atoms with Gasteiger partial charge in [-0.1, -0.05) is 48.5 Å². The van der Waals surface area contributed by atoms with Gasteiger partial charge in [0.25, 0.3) is 0 Å². The van der Waals surface area contributed by atoms with Crippen LogP contribution in [0.15, 0.2) is 48.5 Å². The van der Waals surface area contributed by atoms with E-state index in [1.165, 1.54) is 88.2 Å². The van der Waals surface area contributed by atoms with Gasteiger partial charge in [0.15, 0.2) is 0 Å². The molecule has 0 aromatic heterocycles. The fraction of sp³-hybridized carbons (Fsp3) is 0.625. The summed E-state index contributed by atoms with van der Waals surface area (Å²) in [6.07, 6.45) is 18.0. The Bertz CT molecular complexity index is 873. The third-order valence-electron chi connectivity index (χ3n) is 11.4. The van der Waals surface area contributed by atoms with Crippen LogP contribution >= 0.6 is 9.90 Å². The lowest BCUT2D eigenvalue weighted by Gasteiger charge is -2.57. The molecule has 1 heteroatoms. The quantitative estimate of drug-likeness (QED) is 0.407. The van der Waals surface area contributed by atoms with Crippen LogP contribution in [0.1, 0.15) is 88.2 Å². The van der Waals surface area contributed by atoms with Gasteiger partial charge in [0.1, 0.15) is 0 Å². The van der Waals surface area contributed by atoms with Crippen LogP contribution in [0.4, 0.5) is 0 Å². The first-order valence-corrected chi connectivity index (χ1v) is 13.9. The number of hydrogen-bond donors (Lipinski definition) is 0. The minimum Gasteiger partial charge on any atom is -0.153 e. The number of benzene rings is 2. The number of hydrogen-bond acceptors (Lipinski definition) is 0. The molecule has 0 nitrogen and oxygen atoms in total. The average molecular weight is 457 g/mol. The lowest BCUT2D eigenvalue weighted by Crippen LogP contribution is -2.48. The molecule has 8 saturated carbocycles. The van der Waals surface area contributed by atoms with Gasteiger partial charge in [-0.3, -0.25) is 0 Å². The van der Waals surface area contributed by atoms with E-state index in [9.17, 15) is 0 Å². The van der Waals surface area contributed by atoms with Crippen LogP contribution in [0.25, 0.3) is 11.1 Å². The second-order valence-electron chi connectivity index (χ2n) is 13.6. The van der Waals surface area contributed by atoms with Gasteiger partial charge < -0.3 is 0 Å². The highest BCUT2D eigenvalue weighted by molar-refractivity contribution is 6.92. The second-order valence-corrected chi connectivity index (χ2v) is 13.6. The van der Waals surface area contributed by atoms with E-state index in [1.54, 1.807) is 11.1 Å².